The average Bonchev–Trinajstić information content (AvgIpc) is 3.34. The Morgan fingerprint density at radius 2 is 2.04 bits per heavy atom. The fraction of sp³-hybridized carbons (Fsp3) is 0.278. The van der Waals surface area contributed by atoms with Gasteiger partial charge in [-0.15, -0.1) is 0 Å². The number of para-hydroxylation sites is 1. The lowest BCUT2D eigenvalue weighted by molar-refractivity contribution is -0.126. The molecule has 3 aromatic rings. The van der Waals surface area contributed by atoms with Crippen molar-refractivity contribution in [3.8, 4) is 0 Å². The van der Waals surface area contributed by atoms with Crippen molar-refractivity contribution < 1.29 is 9.59 Å². The Bertz CT molecular complexity index is 899. The average molecular weight is 337 g/mol. The maximum atomic E-state index is 12.4. The Labute approximate surface area is 144 Å². The first kappa shape index (κ1) is 15.4. The minimum Gasteiger partial charge on any atom is -0.354 e. The maximum Gasteiger partial charge on any atom is 0.229 e. The minimum atomic E-state index is -0.340. The molecular formula is C18H19N5O2. The van der Waals surface area contributed by atoms with Crippen LogP contribution in [-0.4, -0.2) is 39.7 Å². The number of rotatable bonds is 5. The zero-order valence-corrected chi connectivity index (χ0v) is 13.7. The molecule has 4 rings (SSSR count). The van der Waals surface area contributed by atoms with E-state index in [1.54, 1.807) is 4.90 Å². The number of anilines is 1. The zero-order chi connectivity index (χ0) is 17.2. The standard InChI is InChI=1S/C18H19N5O2/c24-16-11-13(18(25)19-7-10-22-8-3-4-9-22)12-23(16)17-14-5-1-2-6-15(14)20-21-17/h1-6,8-9,13H,7,10-12H2,(H,19,25)(H,20,21). The number of amides is 2. The highest BCUT2D eigenvalue weighted by molar-refractivity contribution is 6.05. The molecule has 7 nitrogen and oxygen atoms in total. The molecule has 1 fully saturated rings. The maximum absolute atomic E-state index is 12.4. The summed E-state index contributed by atoms with van der Waals surface area (Å²) in [6, 6.07) is 11.6. The van der Waals surface area contributed by atoms with Crippen molar-refractivity contribution >= 4 is 28.5 Å². The number of H-pyrrole nitrogens is 1. The summed E-state index contributed by atoms with van der Waals surface area (Å²) in [7, 11) is 0. The molecule has 0 aliphatic carbocycles. The third-order valence-electron chi connectivity index (χ3n) is 4.54. The number of fused-ring (bicyclic) bond motifs is 1. The lowest BCUT2D eigenvalue weighted by atomic mass is 10.1. The highest BCUT2D eigenvalue weighted by atomic mass is 16.2. The van der Waals surface area contributed by atoms with E-state index in [0.717, 1.165) is 10.9 Å². The molecule has 0 saturated carbocycles. The van der Waals surface area contributed by atoms with Crippen LogP contribution in [0, 0.1) is 5.92 Å². The third-order valence-corrected chi connectivity index (χ3v) is 4.54. The number of nitrogens with zero attached hydrogens (tertiary/aromatic N) is 3. The number of nitrogens with one attached hydrogen (secondary N) is 2. The van der Waals surface area contributed by atoms with E-state index in [9.17, 15) is 9.59 Å². The summed E-state index contributed by atoms with van der Waals surface area (Å²) in [5.74, 6) is 0.113. The lowest BCUT2D eigenvalue weighted by Gasteiger charge is -2.14. The molecule has 1 unspecified atom stereocenters. The molecule has 2 aromatic heterocycles. The number of carbonyl (C=O) groups excluding carboxylic acids is 2. The van der Waals surface area contributed by atoms with Gasteiger partial charge in [0.05, 0.1) is 11.4 Å². The van der Waals surface area contributed by atoms with Gasteiger partial charge in [0.15, 0.2) is 5.82 Å². The van der Waals surface area contributed by atoms with Crippen molar-refractivity contribution in [3.05, 3.63) is 48.8 Å². The number of hydrogen-bond donors (Lipinski definition) is 2. The lowest BCUT2D eigenvalue weighted by Crippen LogP contribution is -2.34. The Morgan fingerprint density at radius 3 is 2.88 bits per heavy atom. The van der Waals surface area contributed by atoms with Gasteiger partial charge in [-0.3, -0.25) is 19.6 Å². The molecule has 0 bridgehead atoms. The molecule has 1 aliphatic rings. The van der Waals surface area contributed by atoms with Crippen LogP contribution in [0.1, 0.15) is 6.42 Å². The summed E-state index contributed by atoms with van der Waals surface area (Å²) < 4.78 is 2.00. The van der Waals surface area contributed by atoms with Crippen LogP contribution in [0.2, 0.25) is 0 Å². The van der Waals surface area contributed by atoms with Gasteiger partial charge in [0, 0.05) is 43.8 Å². The number of carbonyl (C=O) groups is 2. The molecule has 2 amide bonds. The fourth-order valence-electron chi connectivity index (χ4n) is 3.21. The van der Waals surface area contributed by atoms with E-state index in [4.69, 9.17) is 0 Å². The van der Waals surface area contributed by atoms with Crippen molar-refractivity contribution in [2.75, 3.05) is 18.0 Å². The van der Waals surface area contributed by atoms with Gasteiger partial charge in [-0.05, 0) is 24.3 Å². The van der Waals surface area contributed by atoms with Crippen molar-refractivity contribution in [2.24, 2.45) is 5.92 Å². The quantitative estimate of drug-likeness (QED) is 0.741. The molecular weight excluding hydrogens is 318 g/mol. The van der Waals surface area contributed by atoms with Gasteiger partial charge in [-0.25, -0.2) is 0 Å². The van der Waals surface area contributed by atoms with Crippen molar-refractivity contribution in [2.45, 2.75) is 13.0 Å². The van der Waals surface area contributed by atoms with Gasteiger partial charge in [0.25, 0.3) is 0 Å². The predicted molar refractivity (Wildman–Crippen MR) is 94.0 cm³/mol. The third kappa shape index (κ3) is 3.00. The van der Waals surface area contributed by atoms with Gasteiger partial charge in [-0.2, -0.15) is 5.10 Å². The van der Waals surface area contributed by atoms with Gasteiger partial charge < -0.3 is 9.88 Å². The summed E-state index contributed by atoms with van der Waals surface area (Å²) in [5, 5.41) is 11.0. The summed E-state index contributed by atoms with van der Waals surface area (Å²) in [4.78, 5) is 26.4. The molecule has 2 N–H and O–H groups in total. The van der Waals surface area contributed by atoms with E-state index in [-0.39, 0.29) is 24.2 Å². The first-order valence-electron chi connectivity index (χ1n) is 8.34. The molecule has 128 valence electrons. The molecule has 3 heterocycles. The van der Waals surface area contributed by atoms with Gasteiger partial charge in [0.2, 0.25) is 11.8 Å². The minimum absolute atomic E-state index is 0.0668. The molecule has 0 spiro atoms. The normalized spacial score (nSPS) is 17.4. The van der Waals surface area contributed by atoms with Crippen LogP contribution in [0.5, 0.6) is 0 Å². The summed E-state index contributed by atoms with van der Waals surface area (Å²) in [6.07, 6.45) is 4.13. The molecule has 25 heavy (non-hydrogen) atoms. The highest BCUT2D eigenvalue weighted by Crippen LogP contribution is 2.29. The number of aromatic amines is 1. The second-order valence-electron chi connectivity index (χ2n) is 6.21. The highest BCUT2D eigenvalue weighted by Gasteiger charge is 2.36. The Hall–Kier alpha value is -3.09. The van der Waals surface area contributed by atoms with E-state index in [2.05, 4.69) is 15.5 Å². The fourth-order valence-corrected chi connectivity index (χ4v) is 3.21. The Balaban J connectivity index is 1.40. The van der Waals surface area contributed by atoms with Gasteiger partial charge >= 0.3 is 0 Å². The summed E-state index contributed by atoms with van der Waals surface area (Å²) >= 11 is 0. The molecule has 1 atom stereocenters. The van der Waals surface area contributed by atoms with Crippen LogP contribution in [0.3, 0.4) is 0 Å². The predicted octanol–water partition coefficient (Wildman–Crippen LogP) is 1.53. The van der Waals surface area contributed by atoms with Crippen LogP contribution < -0.4 is 10.2 Å². The Kier molecular flexibility index (Phi) is 3.97. The van der Waals surface area contributed by atoms with Gasteiger partial charge in [-0.1, -0.05) is 12.1 Å². The van der Waals surface area contributed by atoms with E-state index < -0.39 is 0 Å². The van der Waals surface area contributed by atoms with Crippen LogP contribution in [0.4, 0.5) is 5.82 Å². The number of hydrogen-bond acceptors (Lipinski definition) is 3. The van der Waals surface area contributed by atoms with Crippen LogP contribution in [-0.2, 0) is 16.1 Å². The van der Waals surface area contributed by atoms with E-state index in [0.29, 0.717) is 25.5 Å². The number of benzene rings is 1. The SMILES string of the molecule is O=C(NCCn1cccc1)C1CC(=O)N(c2n[nH]c3ccccc23)C1. The monoisotopic (exact) mass is 337 g/mol. The number of aromatic nitrogens is 3. The molecule has 1 aromatic carbocycles. The van der Waals surface area contributed by atoms with Gasteiger partial charge in [0.1, 0.15) is 0 Å². The largest absolute Gasteiger partial charge is 0.354 e. The van der Waals surface area contributed by atoms with E-state index in [1.807, 2.05) is 53.4 Å². The molecule has 7 heteroatoms. The van der Waals surface area contributed by atoms with Crippen LogP contribution >= 0.6 is 0 Å². The first-order chi connectivity index (χ1) is 12.2. The van der Waals surface area contributed by atoms with E-state index >= 15 is 0 Å². The second-order valence-corrected chi connectivity index (χ2v) is 6.21. The molecule has 0 radical (unpaired) electrons. The molecule has 1 saturated heterocycles. The summed E-state index contributed by atoms with van der Waals surface area (Å²) in [5.41, 5.74) is 0.880. The molecule has 1 aliphatic heterocycles. The van der Waals surface area contributed by atoms with Crippen molar-refractivity contribution in [1.29, 1.82) is 0 Å². The van der Waals surface area contributed by atoms with E-state index in [1.165, 1.54) is 0 Å². The zero-order valence-electron chi connectivity index (χ0n) is 13.7. The van der Waals surface area contributed by atoms with Crippen molar-refractivity contribution in [1.82, 2.24) is 20.1 Å². The van der Waals surface area contributed by atoms with Crippen molar-refractivity contribution in [3.63, 3.8) is 0 Å². The summed E-state index contributed by atoms with van der Waals surface area (Å²) in [6.45, 7) is 1.62. The smallest absolute Gasteiger partial charge is 0.229 e. The Morgan fingerprint density at radius 1 is 1.24 bits per heavy atom. The van der Waals surface area contributed by atoms with Crippen LogP contribution in [0.25, 0.3) is 10.9 Å². The first-order valence-corrected chi connectivity index (χ1v) is 8.34. The second kappa shape index (κ2) is 6.43. The topological polar surface area (TPSA) is 83.0 Å². The van der Waals surface area contributed by atoms with Crippen LogP contribution in [0.15, 0.2) is 48.8 Å².